The van der Waals surface area contributed by atoms with Gasteiger partial charge in [-0.1, -0.05) is 26.1 Å². The highest BCUT2D eigenvalue weighted by Gasteiger charge is 2.09. The number of aryl methyl sites for hydroxylation is 3. The molecule has 4 heteroatoms. The van der Waals surface area contributed by atoms with Crippen molar-refractivity contribution in [1.29, 1.82) is 0 Å². The number of thiocarbonyl (C=S) groups is 1. The molecule has 1 aromatic carbocycles. The van der Waals surface area contributed by atoms with E-state index in [1.54, 1.807) is 0 Å². The summed E-state index contributed by atoms with van der Waals surface area (Å²) in [6.07, 6.45) is 1.91. The fourth-order valence-electron chi connectivity index (χ4n) is 2.18. The van der Waals surface area contributed by atoms with Crippen LogP contribution in [0.2, 0.25) is 0 Å². The second-order valence-electron chi connectivity index (χ2n) is 4.61. The molecular formula is C15H19N3S. The molecule has 0 atom stereocenters. The second-order valence-corrected chi connectivity index (χ2v) is 5.05. The van der Waals surface area contributed by atoms with E-state index in [9.17, 15) is 0 Å². The van der Waals surface area contributed by atoms with Crippen molar-refractivity contribution in [3.63, 3.8) is 0 Å². The SMILES string of the molecule is CCc1cc(CC)n(-c2ccc(C(N)=S)c(C)c2)n1. The summed E-state index contributed by atoms with van der Waals surface area (Å²) in [4.78, 5) is 0.439. The normalized spacial score (nSPS) is 10.7. The summed E-state index contributed by atoms with van der Waals surface area (Å²) in [5.41, 5.74) is 11.1. The number of benzene rings is 1. The molecule has 0 spiro atoms. The first-order valence-electron chi connectivity index (χ1n) is 6.55. The summed E-state index contributed by atoms with van der Waals surface area (Å²) in [7, 11) is 0. The van der Waals surface area contributed by atoms with Crippen molar-refractivity contribution in [2.45, 2.75) is 33.6 Å². The minimum absolute atomic E-state index is 0.439. The third-order valence-electron chi connectivity index (χ3n) is 3.28. The van der Waals surface area contributed by atoms with E-state index in [2.05, 4.69) is 31.1 Å². The van der Waals surface area contributed by atoms with Crippen LogP contribution in [-0.2, 0) is 12.8 Å². The molecule has 0 aliphatic rings. The van der Waals surface area contributed by atoms with Crippen LogP contribution < -0.4 is 5.73 Å². The van der Waals surface area contributed by atoms with E-state index in [4.69, 9.17) is 18.0 Å². The average molecular weight is 273 g/mol. The Morgan fingerprint density at radius 1 is 1.26 bits per heavy atom. The lowest BCUT2D eigenvalue weighted by Crippen LogP contribution is -2.12. The molecule has 0 amide bonds. The Morgan fingerprint density at radius 2 is 2.00 bits per heavy atom. The molecule has 1 heterocycles. The number of hydrogen-bond donors (Lipinski definition) is 1. The van der Waals surface area contributed by atoms with Gasteiger partial charge in [-0.25, -0.2) is 4.68 Å². The molecule has 0 bridgehead atoms. The number of hydrogen-bond acceptors (Lipinski definition) is 2. The molecule has 0 fully saturated rings. The predicted molar refractivity (Wildman–Crippen MR) is 82.9 cm³/mol. The molecule has 0 aliphatic heterocycles. The van der Waals surface area contributed by atoms with Crippen molar-refractivity contribution in [3.05, 3.63) is 46.8 Å². The summed E-state index contributed by atoms with van der Waals surface area (Å²) in [5, 5.41) is 4.64. The van der Waals surface area contributed by atoms with Gasteiger partial charge in [0.1, 0.15) is 4.99 Å². The molecule has 2 N–H and O–H groups in total. The molecule has 19 heavy (non-hydrogen) atoms. The molecule has 2 aromatic rings. The smallest absolute Gasteiger partial charge is 0.104 e. The Labute approximate surface area is 119 Å². The van der Waals surface area contributed by atoms with Crippen LogP contribution >= 0.6 is 12.2 Å². The third kappa shape index (κ3) is 2.68. The van der Waals surface area contributed by atoms with Gasteiger partial charge in [-0.15, -0.1) is 0 Å². The number of rotatable bonds is 4. The Morgan fingerprint density at radius 3 is 2.53 bits per heavy atom. The van der Waals surface area contributed by atoms with Gasteiger partial charge in [0.2, 0.25) is 0 Å². The van der Waals surface area contributed by atoms with E-state index in [0.717, 1.165) is 35.3 Å². The first-order valence-corrected chi connectivity index (χ1v) is 6.96. The first kappa shape index (κ1) is 13.7. The van der Waals surface area contributed by atoms with Crippen molar-refractivity contribution in [1.82, 2.24) is 9.78 Å². The monoisotopic (exact) mass is 273 g/mol. The first-order chi connectivity index (χ1) is 9.06. The zero-order chi connectivity index (χ0) is 14.0. The maximum absolute atomic E-state index is 5.69. The van der Waals surface area contributed by atoms with Gasteiger partial charge in [0.25, 0.3) is 0 Å². The Balaban J connectivity index is 2.50. The molecular weight excluding hydrogens is 254 g/mol. The van der Waals surface area contributed by atoms with Crippen LogP contribution in [0.3, 0.4) is 0 Å². The van der Waals surface area contributed by atoms with Crippen LogP contribution in [0.4, 0.5) is 0 Å². The predicted octanol–water partition coefficient (Wildman–Crippen LogP) is 2.94. The second kappa shape index (κ2) is 5.53. The fraction of sp³-hybridized carbons (Fsp3) is 0.333. The van der Waals surface area contributed by atoms with Gasteiger partial charge in [-0.3, -0.25) is 0 Å². The standard InChI is InChI=1S/C15H19N3S/c1-4-11-9-12(5-2)18(17-11)13-6-7-14(15(16)19)10(3)8-13/h6-9H,4-5H2,1-3H3,(H2,16,19). The van der Waals surface area contributed by atoms with E-state index >= 15 is 0 Å². The number of nitrogens with two attached hydrogens (primary N) is 1. The van der Waals surface area contributed by atoms with Crippen LogP contribution in [0.1, 0.15) is 36.4 Å². The molecule has 2 rings (SSSR count). The zero-order valence-corrected chi connectivity index (χ0v) is 12.4. The molecule has 0 radical (unpaired) electrons. The number of nitrogens with zero attached hydrogens (tertiary/aromatic N) is 2. The van der Waals surface area contributed by atoms with Crippen LogP contribution in [0.5, 0.6) is 0 Å². The van der Waals surface area contributed by atoms with E-state index in [0.29, 0.717) is 4.99 Å². The van der Waals surface area contributed by atoms with Crippen molar-refractivity contribution < 1.29 is 0 Å². The molecule has 100 valence electrons. The maximum atomic E-state index is 5.69. The van der Waals surface area contributed by atoms with Crippen LogP contribution in [0.15, 0.2) is 24.3 Å². The summed E-state index contributed by atoms with van der Waals surface area (Å²) in [6.45, 7) is 6.28. The highest BCUT2D eigenvalue weighted by atomic mass is 32.1. The van der Waals surface area contributed by atoms with Crippen LogP contribution in [0.25, 0.3) is 5.69 Å². The average Bonchev–Trinajstić information content (AvgIpc) is 2.81. The summed E-state index contributed by atoms with van der Waals surface area (Å²) in [5.74, 6) is 0. The van der Waals surface area contributed by atoms with E-state index in [-0.39, 0.29) is 0 Å². The molecule has 0 aliphatic carbocycles. The Hall–Kier alpha value is -1.68. The summed E-state index contributed by atoms with van der Waals surface area (Å²) >= 11 is 5.04. The van der Waals surface area contributed by atoms with Crippen LogP contribution in [-0.4, -0.2) is 14.8 Å². The van der Waals surface area contributed by atoms with Gasteiger partial charge < -0.3 is 5.73 Å². The third-order valence-corrected chi connectivity index (χ3v) is 3.50. The molecule has 1 aromatic heterocycles. The van der Waals surface area contributed by atoms with Crippen molar-refractivity contribution >= 4 is 17.2 Å². The Kier molecular flexibility index (Phi) is 4.00. The van der Waals surface area contributed by atoms with Crippen molar-refractivity contribution in [2.24, 2.45) is 5.73 Å². The van der Waals surface area contributed by atoms with E-state index in [1.807, 2.05) is 23.7 Å². The zero-order valence-electron chi connectivity index (χ0n) is 11.6. The Bertz CT molecular complexity index is 614. The van der Waals surface area contributed by atoms with Gasteiger partial charge in [0.05, 0.1) is 11.4 Å². The molecule has 0 unspecified atom stereocenters. The van der Waals surface area contributed by atoms with Crippen molar-refractivity contribution in [3.8, 4) is 5.69 Å². The topological polar surface area (TPSA) is 43.8 Å². The van der Waals surface area contributed by atoms with Gasteiger partial charge in [0.15, 0.2) is 0 Å². The lowest BCUT2D eigenvalue weighted by atomic mass is 10.1. The lowest BCUT2D eigenvalue weighted by molar-refractivity contribution is 0.793. The molecule has 0 saturated carbocycles. The van der Waals surface area contributed by atoms with Crippen molar-refractivity contribution in [2.75, 3.05) is 0 Å². The highest BCUT2D eigenvalue weighted by Crippen LogP contribution is 2.18. The quantitative estimate of drug-likeness (QED) is 0.871. The fourth-order valence-corrected chi connectivity index (χ4v) is 2.41. The molecule has 3 nitrogen and oxygen atoms in total. The van der Waals surface area contributed by atoms with E-state index in [1.165, 1.54) is 5.69 Å². The summed E-state index contributed by atoms with van der Waals surface area (Å²) < 4.78 is 2.01. The van der Waals surface area contributed by atoms with Gasteiger partial charge >= 0.3 is 0 Å². The largest absolute Gasteiger partial charge is 0.389 e. The minimum Gasteiger partial charge on any atom is -0.389 e. The van der Waals surface area contributed by atoms with Gasteiger partial charge in [-0.05, 0) is 49.6 Å². The lowest BCUT2D eigenvalue weighted by Gasteiger charge is -2.09. The molecule has 0 saturated heterocycles. The van der Waals surface area contributed by atoms with E-state index < -0.39 is 0 Å². The highest BCUT2D eigenvalue weighted by molar-refractivity contribution is 7.80. The minimum atomic E-state index is 0.439. The number of aromatic nitrogens is 2. The van der Waals surface area contributed by atoms with Gasteiger partial charge in [0, 0.05) is 11.3 Å². The maximum Gasteiger partial charge on any atom is 0.104 e. The summed E-state index contributed by atoms with van der Waals surface area (Å²) in [6, 6.07) is 8.24. The van der Waals surface area contributed by atoms with Gasteiger partial charge in [-0.2, -0.15) is 5.10 Å². The van der Waals surface area contributed by atoms with Crippen LogP contribution in [0, 0.1) is 6.92 Å².